The highest BCUT2D eigenvalue weighted by Crippen LogP contribution is 2.25. The number of nitrogens with one attached hydrogen (secondary N) is 2. The van der Waals surface area contributed by atoms with E-state index in [0.29, 0.717) is 5.52 Å². The second kappa shape index (κ2) is 3.44. The van der Waals surface area contributed by atoms with Gasteiger partial charge in [-0.3, -0.25) is 14.6 Å². The second-order valence-electron chi connectivity index (χ2n) is 4.96. The molecule has 0 unspecified atom stereocenters. The number of hydrogen-bond donors (Lipinski definition) is 3. The van der Waals surface area contributed by atoms with E-state index in [0.717, 1.165) is 5.56 Å². The monoisotopic (exact) mass is 234 g/mol. The Hall–Kier alpha value is -2.11. The molecule has 0 fully saturated rings. The first-order valence-corrected chi connectivity index (χ1v) is 5.22. The van der Waals surface area contributed by atoms with Gasteiger partial charge in [-0.2, -0.15) is 0 Å². The van der Waals surface area contributed by atoms with Crippen LogP contribution in [0.2, 0.25) is 0 Å². The Labute approximate surface area is 96.9 Å². The molecule has 4 N–H and O–H groups in total. The van der Waals surface area contributed by atoms with Crippen LogP contribution in [0.4, 0.5) is 5.95 Å². The van der Waals surface area contributed by atoms with Gasteiger partial charge in [-0.1, -0.05) is 20.8 Å². The topological polar surface area (TPSA) is 105 Å². The number of aromatic nitrogens is 3. The molecule has 6 nitrogen and oxygen atoms in total. The van der Waals surface area contributed by atoms with Crippen molar-refractivity contribution in [3.63, 3.8) is 0 Å². The molecule has 0 amide bonds. The largest absolute Gasteiger partial charge is 0.369 e. The minimum absolute atomic E-state index is 0.0126. The molecule has 6 heteroatoms. The van der Waals surface area contributed by atoms with E-state index in [-0.39, 0.29) is 16.7 Å². The summed E-state index contributed by atoms with van der Waals surface area (Å²) in [6.07, 6.45) is 1.58. The number of anilines is 1. The molecule has 0 aliphatic carbocycles. The summed E-state index contributed by atoms with van der Waals surface area (Å²) in [5, 5.41) is 0.0200. The van der Waals surface area contributed by atoms with Crippen molar-refractivity contribution in [2.75, 3.05) is 5.73 Å². The van der Waals surface area contributed by atoms with Crippen LogP contribution in [0.25, 0.3) is 10.9 Å². The summed E-state index contributed by atoms with van der Waals surface area (Å²) in [4.78, 5) is 32.3. The first-order valence-electron chi connectivity index (χ1n) is 5.22. The first-order chi connectivity index (χ1) is 7.80. The van der Waals surface area contributed by atoms with Crippen molar-refractivity contribution in [2.24, 2.45) is 0 Å². The van der Waals surface area contributed by atoms with Gasteiger partial charge >= 0.3 is 0 Å². The predicted molar refractivity (Wildman–Crippen MR) is 66.1 cm³/mol. The van der Waals surface area contributed by atoms with Gasteiger partial charge in [0.2, 0.25) is 5.95 Å². The van der Waals surface area contributed by atoms with Gasteiger partial charge in [0.1, 0.15) is 5.39 Å². The molecule has 0 aliphatic heterocycles. The Kier molecular flexibility index (Phi) is 2.30. The van der Waals surface area contributed by atoms with Crippen molar-refractivity contribution >= 4 is 16.9 Å². The Balaban J connectivity index is 3.05. The smallest absolute Gasteiger partial charge is 0.265 e. The maximum Gasteiger partial charge on any atom is 0.265 e. The number of aromatic amines is 2. The molecule has 0 atom stereocenters. The maximum absolute atomic E-state index is 11.7. The van der Waals surface area contributed by atoms with E-state index in [4.69, 9.17) is 5.73 Å². The molecule has 17 heavy (non-hydrogen) atoms. The molecule has 2 rings (SSSR count). The standard InChI is InChI=1S/C11H14N4O2/c1-11(2,3)5-4-13-8(16)6-7(5)14-10(12)15-9(6)17/h4H,1-3H3,(H,13,16)(H3,12,14,15,17). The molecule has 0 radical (unpaired) electrons. The average molecular weight is 234 g/mol. The third-order valence-corrected chi connectivity index (χ3v) is 2.58. The minimum Gasteiger partial charge on any atom is -0.369 e. The predicted octanol–water partition coefficient (Wildman–Crippen LogP) is 0.491. The van der Waals surface area contributed by atoms with E-state index in [1.807, 2.05) is 20.8 Å². The van der Waals surface area contributed by atoms with Crippen molar-refractivity contribution in [1.29, 1.82) is 0 Å². The number of fused-ring (bicyclic) bond motifs is 1. The molecule has 0 aromatic carbocycles. The molecule has 90 valence electrons. The number of nitrogens with two attached hydrogens (primary N) is 1. The van der Waals surface area contributed by atoms with Crippen molar-refractivity contribution in [3.8, 4) is 0 Å². The lowest BCUT2D eigenvalue weighted by atomic mass is 9.87. The van der Waals surface area contributed by atoms with Gasteiger partial charge in [0, 0.05) is 11.8 Å². The number of pyridine rings is 1. The van der Waals surface area contributed by atoms with Crippen LogP contribution in [0.1, 0.15) is 26.3 Å². The Morgan fingerprint density at radius 3 is 2.47 bits per heavy atom. The highest BCUT2D eigenvalue weighted by atomic mass is 16.1. The van der Waals surface area contributed by atoms with Crippen LogP contribution >= 0.6 is 0 Å². The SMILES string of the molecule is CC(C)(C)c1c[nH]c(=O)c2c(=O)[nH]c(N)nc12. The van der Waals surface area contributed by atoms with Gasteiger partial charge in [-0.05, 0) is 5.41 Å². The van der Waals surface area contributed by atoms with Crippen molar-refractivity contribution in [1.82, 2.24) is 15.0 Å². The zero-order valence-corrected chi connectivity index (χ0v) is 9.92. The second-order valence-corrected chi connectivity index (χ2v) is 4.96. The quantitative estimate of drug-likeness (QED) is 0.617. The van der Waals surface area contributed by atoms with E-state index in [9.17, 15) is 9.59 Å². The number of rotatable bonds is 0. The molecule has 2 aromatic heterocycles. The van der Waals surface area contributed by atoms with Crippen molar-refractivity contribution < 1.29 is 0 Å². The molecular weight excluding hydrogens is 220 g/mol. The molecule has 0 saturated heterocycles. The van der Waals surface area contributed by atoms with E-state index >= 15 is 0 Å². The lowest BCUT2D eigenvalue weighted by molar-refractivity contribution is 0.591. The summed E-state index contributed by atoms with van der Waals surface area (Å²) in [7, 11) is 0. The normalized spacial score (nSPS) is 11.9. The summed E-state index contributed by atoms with van der Waals surface area (Å²) < 4.78 is 0. The Morgan fingerprint density at radius 1 is 1.24 bits per heavy atom. The number of H-pyrrole nitrogens is 2. The van der Waals surface area contributed by atoms with E-state index in [1.54, 1.807) is 6.20 Å². The van der Waals surface area contributed by atoms with Crippen molar-refractivity contribution in [3.05, 3.63) is 32.5 Å². The zero-order chi connectivity index (χ0) is 12.8. The highest BCUT2D eigenvalue weighted by Gasteiger charge is 2.20. The molecule has 0 bridgehead atoms. The number of hydrogen-bond acceptors (Lipinski definition) is 4. The van der Waals surface area contributed by atoms with Crippen LogP contribution in [0.5, 0.6) is 0 Å². The third kappa shape index (κ3) is 1.82. The highest BCUT2D eigenvalue weighted by molar-refractivity contribution is 5.81. The van der Waals surface area contributed by atoms with E-state index < -0.39 is 11.1 Å². The fourth-order valence-corrected chi connectivity index (χ4v) is 1.75. The average Bonchev–Trinajstić information content (AvgIpc) is 2.14. The third-order valence-electron chi connectivity index (χ3n) is 2.58. The van der Waals surface area contributed by atoms with Crippen LogP contribution in [0, 0.1) is 0 Å². The molecular formula is C11H14N4O2. The van der Waals surface area contributed by atoms with Crippen LogP contribution < -0.4 is 16.9 Å². The lowest BCUT2D eigenvalue weighted by Crippen LogP contribution is -2.24. The zero-order valence-electron chi connectivity index (χ0n) is 9.92. The summed E-state index contributed by atoms with van der Waals surface area (Å²) in [5.74, 6) is 0.0126. The first kappa shape index (κ1) is 11.4. The molecule has 2 aromatic rings. The fraction of sp³-hybridized carbons (Fsp3) is 0.364. The Bertz CT molecular complexity index is 691. The molecule has 0 saturated carbocycles. The number of nitrogen functional groups attached to an aromatic ring is 1. The summed E-state index contributed by atoms with van der Waals surface area (Å²) in [6, 6.07) is 0. The van der Waals surface area contributed by atoms with Gasteiger partial charge in [0.05, 0.1) is 5.52 Å². The summed E-state index contributed by atoms with van der Waals surface area (Å²) in [6.45, 7) is 5.91. The van der Waals surface area contributed by atoms with Gasteiger partial charge < -0.3 is 10.7 Å². The van der Waals surface area contributed by atoms with E-state index in [2.05, 4.69) is 15.0 Å². The molecule has 2 heterocycles. The van der Waals surface area contributed by atoms with Gasteiger partial charge in [-0.15, -0.1) is 0 Å². The van der Waals surface area contributed by atoms with Crippen LogP contribution in [0.3, 0.4) is 0 Å². The van der Waals surface area contributed by atoms with Gasteiger partial charge in [0.15, 0.2) is 0 Å². The lowest BCUT2D eigenvalue weighted by Gasteiger charge is -2.19. The fourth-order valence-electron chi connectivity index (χ4n) is 1.75. The van der Waals surface area contributed by atoms with Crippen molar-refractivity contribution in [2.45, 2.75) is 26.2 Å². The Morgan fingerprint density at radius 2 is 1.88 bits per heavy atom. The summed E-state index contributed by atoms with van der Waals surface area (Å²) in [5.41, 5.74) is 5.44. The van der Waals surface area contributed by atoms with Gasteiger partial charge in [-0.25, -0.2) is 4.98 Å². The number of nitrogens with zero attached hydrogens (tertiary/aromatic N) is 1. The van der Waals surface area contributed by atoms with Crippen LogP contribution in [-0.2, 0) is 5.41 Å². The molecule has 0 spiro atoms. The van der Waals surface area contributed by atoms with Gasteiger partial charge in [0.25, 0.3) is 11.1 Å². The minimum atomic E-state index is -0.514. The maximum atomic E-state index is 11.7. The molecule has 0 aliphatic rings. The summed E-state index contributed by atoms with van der Waals surface area (Å²) >= 11 is 0. The van der Waals surface area contributed by atoms with Crippen LogP contribution in [-0.4, -0.2) is 15.0 Å². The van der Waals surface area contributed by atoms with Crippen LogP contribution in [0.15, 0.2) is 15.8 Å². The van der Waals surface area contributed by atoms with E-state index in [1.165, 1.54) is 0 Å².